The van der Waals surface area contributed by atoms with Crippen molar-refractivity contribution in [3.63, 3.8) is 0 Å². The molecule has 0 aliphatic heterocycles. The van der Waals surface area contributed by atoms with E-state index >= 15 is 0 Å². The second-order valence-corrected chi connectivity index (χ2v) is 6.82. The number of esters is 1. The van der Waals surface area contributed by atoms with Crippen molar-refractivity contribution in [2.45, 2.75) is 32.6 Å². The van der Waals surface area contributed by atoms with E-state index < -0.39 is 0 Å². The van der Waals surface area contributed by atoms with Gasteiger partial charge in [-0.2, -0.15) is 0 Å². The van der Waals surface area contributed by atoms with E-state index in [1.165, 1.54) is 5.56 Å². The van der Waals surface area contributed by atoms with Gasteiger partial charge in [-0.05, 0) is 48.3 Å². The Labute approximate surface area is 136 Å². The number of hydrogen-bond acceptors (Lipinski definition) is 3. The minimum absolute atomic E-state index is 0.0666. The van der Waals surface area contributed by atoms with Crippen molar-refractivity contribution in [3.05, 3.63) is 42.0 Å². The van der Waals surface area contributed by atoms with Crippen molar-refractivity contribution >= 4 is 17.6 Å². The van der Waals surface area contributed by atoms with Crippen LogP contribution in [0.2, 0.25) is 0 Å². The molecule has 1 amide bonds. The van der Waals surface area contributed by atoms with E-state index in [0.29, 0.717) is 17.8 Å². The Hall–Kier alpha value is -2.10. The van der Waals surface area contributed by atoms with Gasteiger partial charge >= 0.3 is 5.97 Å². The summed E-state index contributed by atoms with van der Waals surface area (Å²) in [7, 11) is 0. The Kier molecular flexibility index (Phi) is 4.51. The van der Waals surface area contributed by atoms with Crippen LogP contribution in [0, 0.1) is 17.8 Å². The zero-order chi connectivity index (χ0) is 16.4. The lowest BCUT2D eigenvalue weighted by Gasteiger charge is -2.16. The van der Waals surface area contributed by atoms with Gasteiger partial charge in [0.15, 0.2) is 6.61 Å². The normalized spacial score (nSPS) is 24.9. The molecule has 3 rings (SSSR count). The van der Waals surface area contributed by atoms with Gasteiger partial charge in [-0.3, -0.25) is 9.59 Å². The van der Waals surface area contributed by atoms with Crippen molar-refractivity contribution in [1.29, 1.82) is 0 Å². The van der Waals surface area contributed by atoms with E-state index in [9.17, 15) is 9.59 Å². The van der Waals surface area contributed by atoms with Gasteiger partial charge in [-0.15, -0.1) is 0 Å². The Morgan fingerprint density at radius 3 is 2.48 bits per heavy atom. The Balaban J connectivity index is 1.46. The molecule has 3 atom stereocenters. The number of benzene rings is 1. The molecule has 2 aliphatic rings. The minimum atomic E-state index is -0.297. The van der Waals surface area contributed by atoms with E-state index in [4.69, 9.17) is 4.74 Å². The van der Waals surface area contributed by atoms with Crippen LogP contribution in [0.15, 0.2) is 36.4 Å². The van der Waals surface area contributed by atoms with Crippen molar-refractivity contribution in [1.82, 2.24) is 0 Å². The Morgan fingerprint density at radius 1 is 1.17 bits per heavy atom. The van der Waals surface area contributed by atoms with E-state index in [2.05, 4.69) is 31.3 Å². The molecule has 4 nitrogen and oxygen atoms in total. The van der Waals surface area contributed by atoms with Gasteiger partial charge < -0.3 is 10.1 Å². The highest BCUT2D eigenvalue weighted by Gasteiger charge is 2.40. The lowest BCUT2D eigenvalue weighted by molar-refractivity contribution is -0.152. The van der Waals surface area contributed by atoms with Gasteiger partial charge in [-0.1, -0.05) is 38.1 Å². The molecule has 1 fully saturated rings. The molecule has 1 aromatic rings. The van der Waals surface area contributed by atoms with Crippen LogP contribution in [-0.2, 0) is 14.3 Å². The van der Waals surface area contributed by atoms with Gasteiger partial charge in [0.1, 0.15) is 0 Å². The molecule has 2 aliphatic carbocycles. The largest absolute Gasteiger partial charge is 0.455 e. The van der Waals surface area contributed by atoms with Gasteiger partial charge in [0.05, 0.1) is 5.92 Å². The lowest BCUT2D eigenvalue weighted by Crippen LogP contribution is -2.26. The van der Waals surface area contributed by atoms with Crippen LogP contribution in [0.3, 0.4) is 0 Å². The smallest absolute Gasteiger partial charge is 0.310 e. The van der Waals surface area contributed by atoms with Crippen LogP contribution in [0.4, 0.5) is 5.69 Å². The maximum atomic E-state index is 12.1. The molecule has 0 spiro atoms. The summed E-state index contributed by atoms with van der Waals surface area (Å²) < 4.78 is 5.19. The van der Waals surface area contributed by atoms with E-state index in [0.717, 1.165) is 18.5 Å². The number of nitrogens with one attached hydrogen (secondary N) is 1. The standard InChI is InChI=1S/C19H23NO3/c1-12(2)14-5-7-16(8-6-14)20-18(21)11-23-19(22)17-10-13-3-4-15(17)9-13/h3-8,12-13,15,17H,9-11H2,1-2H3,(H,20,21)/t13-,15+,17+/m1/s1. The zero-order valence-corrected chi connectivity index (χ0v) is 13.6. The second kappa shape index (κ2) is 6.57. The summed E-state index contributed by atoms with van der Waals surface area (Å²) in [6, 6.07) is 7.73. The highest BCUT2D eigenvalue weighted by atomic mass is 16.5. The summed E-state index contributed by atoms with van der Waals surface area (Å²) in [5.74, 6) is 0.672. The Bertz CT molecular complexity index is 618. The summed E-state index contributed by atoms with van der Waals surface area (Å²) in [4.78, 5) is 24.0. The van der Waals surface area contributed by atoms with Crippen molar-refractivity contribution in [2.75, 3.05) is 11.9 Å². The van der Waals surface area contributed by atoms with Gasteiger partial charge in [-0.25, -0.2) is 0 Å². The number of anilines is 1. The van der Waals surface area contributed by atoms with Crippen molar-refractivity contribution in [3.8, 4) is 0 Å². The molecule has 2 bridgehead atoms. The number of hydrogen-bond donors (Lipinski definition) is 1. The molecule has 1 saturated carbocycles. The summed E-state index contributed by atoms with van der Waals surface area (Å²) in [6.07, 6.45) is 6.20. The van der Waals surface area contributed by atoms with Crippen molar-refractivity contribution < 1.29 is 14.3 Å². The number of ether oxygens (including phenoxy) is 1. The quantitative estimate of drug-likeness (QED) is 0.668. The topological polar surface area (TPSA) is 55.4 Å². The summed E-state index contributed by atoms with van der Waals surface area (Å²) in [5.41, 5.74) is 1.94. The highest BCUT2D eigenvalue weighted by Crippen LogP contribution is 2.43. The Morgan fingerprint density at radius 2 is 1.91 bits per heavy atom. The van der Waals surface area contributed by atoms with E-state index in [1.54, 1.807) is 0 Å². The molecular weight excluding hydrogens is 290 g/mol. The highest BCUT2D eigenvalue weighted by molar-refractivity contribution is 5.93. The summed E-state index contributed by atoms with van der Waals surface area (Å²) >= 11 is 0. The first kappa shape index (κ1) is 15.8. The third-order valence-electron chi connectivity index (χ3n) is 4.79. The molecule has 4 heteroatoms. The molecule has 0 aromatic heterocycles. The van der Waals surface area contributed by atoms with E-state index in [-0.39, 0.29) is 24.4 Å². The average Bonchev–Trinajstić information content (AvgIpc) is 3.16. The van der Waals surface area contributed by atoms with Crippen LogP contribution in [0.1, 0.15) is 38.2 Å². The first-order valence-electron chi connectivity index (χ1n) is 8.27. The molecule has 0 radical (unpaired) electrons. The molecule has 0 heterocycles. The number of allylic oxidation sites excluding steroid dienone is 2. The number of carbonyl (C=O) groups excluding carboxylic acids is 2. The average molecular weight is 313 g/mol. The van der Waals surface area contributed by atoms with Crippen LogP contribution >= 0.6 is 0 Å². The van der Waals surface area contributed by atoms with Crippen LogP contribution in [-0.4, -0.2) is 18.5 Å². The molecule has 0 saturated heterocycles. The van der Waals surface area contributed by atoms with Crippen LogP contribution in [0.25, 0.3) is 0 Å². The third-order valence-corrected chi connectivity index (χ3v) is 4.79. The number of fused-ring (bicyclic) bond motifs is 2. The summed E-state index contributed by atoms with van der Waals surface area (Å²) in [6.45, 7) is 4.03. The third kappa shape index (κ3) is 3.63. The number of amides is 1. The fraction of sp³-hybridized carbons (Fsp3) is 0.474. The van der Waals surface area contributed by atoms with Gasteiger partial charge in [0.2, 0.25) is 0 Å². The lowest BCUT2D eigenvalue weighted by atomic mass is 9.94. The number of carbonyl (C=O) groups is 2. The predicted octanol–water partition coefficient (Wildman–Crippen LogP) is 3.50. The molecule has 0 unspecified atom stereocenters. The maximum absolute atomic E-state index is 12.1. The first-order chi connectivity index (χ1) is 11.0. The zero-order valence-electron chi connectivity index (χ0n) is 13.6. The predicted molar refractivity (Wildman–Crippen MR) is 89.0 cm³/mol. The van der Waals surface area contributed by atoms with E-state index in [1.807, 2.05) is 24.3 Å². The maximum Gasteiger partial charge on any atom is 0.310 e. The first-order valence-corrected chi connectivity index (χ1v) is 8.27. The molecule has 1 N–H and O–H groups in total. The molecular formula is C19H23NO3. The number of rotatable bonds is 5. The SMILES string of the molecule is CC(C)c1ccc(NC(=O)COC(=O)[C@H]2C[C@@H]3C=C[C@H]2C3)cc1. The summed E-state index contributed by atoms with van der Waals surface area (Å²) in [5, 5.41) is 2.76. The monoisotopic (exact) mass is 313 g/mol. The van der Waals surface area contributed by atoms with Gasteiger partial charge in [0.25, 0.3) is 5.91 Å². The molecule has 23 heavy (non-hydrogen) atoms. The molecule has 122 valence electrons. The minimum Gasteiger partial charge on any atom is -0.455 e. The fourth-order valence-corrected chi connectivity index (χ4v) is 3.44. The fourth-order valence-electron chi connectivity index (χ4n) is 3.44. The second-order valence-electron chi connectivity index (χ2n) is 6.82. The van der Waals surface area contributed by atoms with Crippen LogP contribution in [0.5, 0.6) is 0 Å². The van der Waals surface area contributed by atoms with Gasteiger partial charge in [0, 0.05) is 5.69 Å². The van der Waals surface area contributed by atoms with Crippen molar-refractivity contribution in [2.24, 2.45) is 17.8 Å². The molecule has 1 aromatic carbocycles. The van der Waals surface area contributed by atoms with Crippen LogP contribution < -0.4 is 5.32 Å².